The number of anilines is 2. The average molecular weight is 262 g/mol. The zero-order chi connectivity index (χ0) is 13.7. The van der Waals surface area contributed by atoms with Crippen LogP contribution in [0.25, 0.3) is 0 Å². The topological polar surface area (TPSA) is 50.4 Å². The van der Waals surface area contributed by atoms with Crippen molar-refractivity contribution in [1.82, 2.24) is 0 Å². The fourth-order valence-corrected chi connectivity index (χ4v) is 2.33. The van der Waals surface area contributed by atoms with Crippen molar-refractivity contribution in [3.8, 4) is 0 Å². The summed E-state index contributed by atoms with van der Waals surface area (Å²) in [6.45, 7) is 5.29. The molecule has 0 bridgehead atoms. The smallest absolute Gasteiger partial charge is 0.221 e. The van der Waals surface area contributed by atoms with Gasteiger partial charge in [-0.25, -0.2) is 0 Å². The Morgan fingerprint density at radius 3 is 2.95 bits per heavy atom. The van der Waals surface area contributed by atoms with Gasteiger partial charge in [0.25, 0.3) is 0 Å². The number of benzene rings is 1. The number of amides is 1. The van der Waals surface area contributed by atoms with Crippen LogP contribution in [0.4, 0.5) is 11.4 Å². The first kappa shape index (κ1) is 13.9. The van der Waals surface area contributed by atoms with Crippen molar-refractivity contribution in [2.75, 3.05) is 23.8 Å². The van der Waals surface area contributed by atoms with Crippen molar-refractivity contribution < 1.29 is 9.53 Å². The number of ether oxygens (including phenoxy) is 1. The zero-order valence-corrected chi connectivity index (χ0v) is 11.7. The Labute approximate surface area is 114 Å². The van der Waals surface area contributed by atoms with Gasteiger partial charge in [-0.3, -0.25) is 4.79 Å². The van der Waals surface area contributed by atoms with E-state index in [-0.39, 0.29) is 5.91 Å². The maximum atomic E-state index is 11.1. The van der Waals surface area contributed by atoms with Crippen LogP contribution < -0.4 is 10.6 Å². The fraction of sp³-hybridized carbons (Fsp3) is 0.533. The first-order chi connectivity index (χ1) is 9.15. The first-order valence-electron chi connectivity index (χ1n) is 6.87. The van der Waals surface area contributed by atoms with Crippen LogP contribution in [0.5, 0.6) is 0 Å². The standard InChI is InChI=1S/C15H22N2O2/c1-11-5-6-14(16-12(2)18)10-15(11)17-13-4-3-8-19-9-7-13/h5-6,10,13,17H,3-4,7-9H2,1-2H3,(H,16,18). The second kappa shape index (κ2) is 6.57. The Kier molecular flexibility index (Phi) is 4.80. The molecule has 19 heavy (non-hydrogen) atoms. The number of rotatable bonds is 3. The lowest BCUT2D eigenvalue weighted by molar-refractivity contribution is -0.114. The van der Waals surface area contributed by atoms with Crippen LogP contribution in [0.15, 0.2) is 18.2 Å². The second-order valence-electron chi connectivity index (χ2n) is 5.10. The van der Waals surface area contributed by atoms with Crippen molar-refractivity contribution in [3.63, 3.8) is 0 Å². The van der Waals surface area contributed by atoms with Crippen molar-refractivity contribution in [2.24, 2.45) is 0 Å². The zero-order valence-electron chi connectivity index (χ0n) is 11.7. The number of hydrogen-bond acceptors (Lipinski definition) is 3. The molecule has 2 N–H and O–H groups in total. The number of carbonyl (C=O) groups is 1. The second-order valence-corrected chi connectivity index (χ2v) is 5.10. The molecule has 1 aromatic carbocycles. The van der Waals surface area contributed by atoms with Gasteiger partial charge in [0.15, 0.2) is 0 Å². The summed E-state index contributed by atoms with van der Waals surface area (Å²) in [6, 6.07) is 6.41. The molecule has 1 fully saturated rings. The number of carbonyl (C=O) groups excluding carboxylic acids is 1. The van der Waals surface area contributed by atoms with Crippen molar-refractivity contribution >= 4 is 17.3 Å². The molecule has 4 heteroatoms. The minimum Gasteiger partial charge on any atom is -0.382 e. The summed E-state index contributed by atoms with van der Waals surface area (Å²) in [7, 11) is 0. The number of hydrogen-bond donors (Lipinski definition) is 2. The highest BCUT2D eigenvalue weighted by molar-refractivity contribution is 5.89. The molecule has 0 aliphatic carbocycles. The molecule has 1 unspecified atom stereocenters. The van der Waals surface area contributed by atoms with Gasteiger partial charge in [-0.15, -0.1) is 0 Å². The predicted molar refractivity (Wildman–Crippen MR) is 77.6 cm³/mol. The molecular weight excluding hydrogens is 240 g/mol. The van der Waals surface area contributed by atoms with Gasteiger partial charge in [-0.1, -0.05) is 6.07 Å². The van der Waals surface area contributed by atoms with Crippen LogP contribution in [0.2, 0.25) is 0 Å². The molecule has 1 heterocycles. The number of nitrogens with one attached hydrogen (secondary N) is 2. The van der Waals surface area contributed by atoms with Crippen LogP contribution in [0, 0.1) is 6.92 Å². The number of aryl methyl sites for hydroxylation is 1. The third-order valence-corrected chi connectivity index (χ3v) is 3.37. The highest BCUT2D eigenvalue weighted by Crippen LogP contribution is 2.23. The monoisotopic (exact) mass is 262 g/mol. The summed E-state index contributed by atoms with van der Waals surface area (Å²) in [5.74, 6) is -0.0438. The Morgan fingerprint density at radius 1 is 1.32 bits per heavy atom. The normalized spacial score (nSPS) is 19.6. The SMILES string of the molecule is CC(=O)Nc1ccc(C)c(NC2CCCOCC2)c1. The summed E-state index contributed by atoms with van der Waals surface area (Å²) >= 11 is 0. The molecule has 1 aliphatic rings. The highest BCUT2D eigenvalue weighted by Gasteiger charge is 2.13. The molecule has 104 valence electrons. The molecule has 0 spiro atoms. The van der Waals surface area contributed by atoms with Crippen LogP contribution in [0.3, 0.4) is 0 Å². The maximum absolute atomic E-state index is 11.1. The molecule has 0 saturated carbocycles. The molecule has 0 aromatic heterocycles. The Hall–Kier alpha value is -1.55. The minimum absolute atomic E-state index is 0.0438. The van der Waals surface area contributed by atoms with Gasteiger partial charge in [0.1, 0.15) is 0 Å². The van der Waals surface area contributed by atoms with Gasteiger partial charge in [-0.2, -0.15) is 0 Å². The predicted octanol–water partition coefficient (Wildman–Crippen LogP) is 2.93. The van der Waals surface area contributed by atoms with E-state index in [0.29, 0.717) is 6.04 Å². The van der Waals surface area contributed by atoms with Crippen molar-refractivity contribution in [2.45, 2.75) is 39.2 Å². The van der Waals surface area contributed by atoms with E-state index < -0.39 is 0 Å². The molecule has 1 atom stereocenters. The van der Waals surface area contributed by atoms with Gasteiger partial charge in [-0.05, 0) is 43.9 Å². The third kappa shape index (κ3) is 4.24. The van der Waals surface area contributed by atoms with Gasteiger partial charge >= 0.3 is 0 Å². The van der Waals surface area contributed by atoms with Gasteiger partial charge in [0.05, 0.1) is 0 Å². The van der Waals surface area contributed by atoms with Crippen LogP contribution in [-0.4, -0.2) is 25.2 Å². The summed E-state index contributed by atoms with van der Waals surface area (Å²) in [5, 5.41) is 6.39. The molecule has 1 amide bonds. The maximum Gasteiger partial charge on any atom is 0.221 e. The van der Waals surface area contributed by atoms with E-state index >= 15 is 0 Å². The van der Waals surface area contributed by atoms with Crippen molar-refractivity contribution in [1.29, 1.82) is 0 Å². The van der Waals surface area contributed by atoms with E-state index in [0.717, 1.165) is 43.9 Å². The lowest BCUT2D eigenvalue weighted by atomic mass is 10.1. The van der Waals surface area contributed by atoms with Crippen LogP contribution in [0.1, 0.15) is 31.7 Å². The molecular formula is C15H22N2O2. The molecule has 0 radical (unpaired) electrons. The lowest BCUT2D eigenvalue weighted by Gasteiger charge is -2.19. The van der Waals surface area contributed by atoms with E-state index in [1.165, 1.54) is 12.5 Å². The first-order valence-corrected chi connectivity index (χ1v) is 6.87. The van der Waals surface area contributed by atoms with Gasteiger partial charge in [0, 0.05) is 37.6 Å². The van der Waals surface area contributed by atoms with Gasteiger partial charge in [0.2, 0.25) is 5.91 Å². The Bertz CT molecular complexity index is 438. The Balaban J connectivity index is 2.07. The van der Waals surface area contributed by atoms with Gasteiger partial charge < -0.3 is 15.4 Å². The molecule has 1 aliphatic heterocycles. The van der Waals surface area contributed by atoms with E-state index in [1.807, 2.05) is 18.2 Å². The average Bonchev–Trinajstić information content (AvgIpc) is 2.61. The highest BCUT2D eigenvalue weighted by atomic mass is 16.5. The lowest BCUT2D eigenvalue weighted by Crippen LogP contribution is -2.20. The third-order valence-electron chi connectivity index (χ3n) is 3.37. The van der Waals surface area contributed by atoms with E-state index in [9.17, 15) is 4.79 Å². The van der Waals surface area contributed by atoms with E-state index in [4.69, 9.17) is 4.74 Å². The summed E-state index contributed by atoms with van der Waals surface area (Å²) < 4.78 is 5.47. The largest absolute Gasteiger partial charge is 0.382 e. The summed E-state index contributed by atoms with van der Waals surface area (Å²) in [5.41, 5.74) is 3.13. The van der Waals surface area contributed by atoms with Crippen molar-refractivity contribution in [3.05, 3.63) is 23.8 Å². The molecule has 1 aromatic rings. The molecule has 4 nitrogen and oxygen atoms in total. The Morgan fingerprint density at radius 2 is 2.16 bits per heavy atom. The van der Waals surface area contributed by atoms with Crippen LogP contribution in [-0.2, 0) is 9.53 Å². The summed E-state index contributed by atoms with van der Waals surface area (Å²) in [4.78, 5) is 11.1. The van der Waals surface area contributed by atoms with E-state index in [2.05, 4.69) is 17.6 Å². The van der Waals surface area contributed by atoms with Crippen LogP contribution >= 0.6 is 0 Å². The molecule has 2 rings (SSSR count). The molecule has 1 saturated heterocycles. The fourth-order valence-electron chi connectivity index (χ4n) is 2.33. The quantitative estimate of drug-likeness (QED) is 0.880. The summed E-state index contributed by atoms with van der Waals surface area (Å²) in [6.07, 6.45) is 3.26. The van der Waals surface area contributed by atoms with E-state index in [1.54, 1.807) is 0 Å². The minimum atomic E-state index is -0.0438.